The lowest BCUT2D eigenvalue weighted by molar-refractivity contribution is 0.475. The lowest BCUT2D eigenvalue weighted by Gasteiger charge is -2.06. The second-order valence-corrected chi connectivity index (χ2v) is 5.25. The Morgan fingerprint density at radius 2 is 1.95 bits per heavy atom. The summed E-state index contributed by atoms with van der Waals surface area (Å²) in [6.07, 6.45) is 1.62. The summed E-state index contributed by atoms with van der Waals surface area (Å²) in [5.74, 6) is 0.224. The van der Waals surface area contributed by atoms with E-state index in [4.69, 9.17) is 17.3 Å². The Labute approximate surface area is 130 Å². The fraction of sp³-hybridized carbons (Fsp3) is 0. The van der Waals surface area contributed by atoms with Crippen LogP contribution in [0.2, 0.25) is 0 Å². The number of nitrogens with one attached hydrogen (secondary N) is 2. The maximum Gasteiger partial charge on any atom is 0.191 e. The first-order valence-corrected chi connectivity index (χ1v) is 6.98. The zero-order valence-electron chi connectivity index (χ0n) is 10.4. The summed E-state index contributed by atoms with van der Waals surface area (Å²) in [7, 11) is 0. The standard InChI is InChI=1S/C14H12BrN3OS/c15-11-2-1-3-12(8-11)17-14(20)18-16-9-10-4-6-13(19)7-5-10/h1-9,19H,(H2,17,18,20)/b16-9+. The Bertz CT molecular complexity index is 629. The van der Waals surface area contributed by atoms with E-state index in [9.17, 15) is 0 Å². The van der Waals surface area contributed by atoms with Crippen LogP contribution in [-0.4, -0.2) is 16.4 Å². The topological polar surface area (TPSA) is 56.7 Å². The second-order valence-electron chi connectivity index (χ2n) is 3.93. The Balaban J connectivity index is 1.87. The van der Waals surface area contributed by atoms with Crippen LogP contribution in [0.5, 0.6) is 5.75 Å². The molecule has 20 heavy (non-hydrogen) atoms. The third-order valence-electron chi connectivity index (χ3n) is 2.36. The van der Waals surface area contributed by atoms with Crippen molar-refractivity contribution in [1.82, 2.24) is 5.43 Å². The number of phenolic OH excluding ortho intramolecular Hbond substituents is 1. The highest BCUT2D eigenvalue weighted by Gasteiger charge is 1.96. The molecule has 4 nitrogen and oxygen atoms in total. The van der Waals surface area contributed by atoms with Crippen molar-refractivity contribution in [3.05, 3.63) is 58.6 Å². The first-order valence-electron chi connectivity index (χ1n) is 5.78. The summed E-state index contributed by atoms with van der Waals surface area (Å²) in [6.45, 7) is 0. The number of nitrogens with zero attached hydrogens (tertiary/aromatic N) is 1. The minimum absolute atomic E-state index is 0.224. The number of thiocarbonyl (C=S) groups is 1. The highest BCUT2D eigenvalue weighted by Crippen LogP contribution is 2.15. The number of halogens is 1. The van der Waals surface area contributed by atoms with Gasteiger partial charge in [0.2, 0.25) is 0 Å². The fourth-order valence-electron chi connectivity index (χ4n) is 1.45. The average Bonchev–Trinajstić information content (AvgIpc) is 2.41. The van der Waals surface area contributed by atoms with Crippen LogP contribution < -0.4 is 10.7 Å². The summed E-state index contributed by atoms with van der Waals surface area (Å²) in [5, 5.41) is 16.6. The predicted octanol–water partition coefficient (Wildman–Crippen LogP) is 3.48. The van der Waals surface area contributed by atoms with E-state index in [1.54, 1.807) is 30.5 Å². The molecule has 0 saturated heterocycles. The molecular formula is C14H12BrN3OS. The SMILES string of the molecule is Oc1ccc(/C=N/NC(=S)Nc2cccc(Br)c2)cc1. The molecule has 0 saturated carbocycles. The maximum absolute atomic E-state index is 9.16. The van der Waals surface area contributed by atoms with Crippen molar-refractivity contribution in [2.24, 2.45) is 5.10 Å². The zero-order chi connectivity index (χ0) is 14.4. The number of hydrogen-bond acceptors (Lipinski definition) is 3. The number of phenols is 1. The molecule has 0 aliphatic carbocycles. The Kier molecular flexibility index (Phi) is 5.09. The second kappa shape index (κ2) is 7.02. The van der Waals surface area contributed by atoms with E-state index >= 15 is 0 Å². The van der Waals surface area contributed by atoms with Crippen LogP contribution in [0.3, 0.4) is 0 Å². The van der Waals surface area contributed by atoms with Crippen molar-refractivity contribution in [2.45, 2.75) is 0 Å². The van der Waals surface area contributed by atoms with Crippen LogP contribution in [0, 0.1) is 0 Å². The van der Waals surface area contributed by atoms with Crippen LogP contribution in [-0.2, 0) is 0 Å². The Morgan fingerprint density at radius 3 is 2.65 bits per heavy atom. The van der Waals surface area contributed by atoms with Crippen LogP contribution in [0.15, 0.2) is 58.1 Å². The number of hydrazone groups is 1. The summed E-state index contributed by atoms with van der Waals surface area (Å²) in [4.78, 5) is 0. The van der Waals surface area contributed by atoms with Gasteiger partial charge in [0.25, 0.3) is 0 Å². The fourth-order valence-corrected chi connectivity index (χ4v) is 2.02. The number of hydrogen-bond donors (Lipinski definition) is 3. The third kappa shape index (κ3) is 4.64. The van der Waals surface area contributed by atoms with Crippen LogP contribution >= 0.6 is 28.1 Å². The van der Waals surface area contributed by atoms with Gasteiger partial charge in [-0.05, 0) is 60.2 Å². The lowest BCUT2D eigenvalue weighted by Crippen LogP contribution is -2.23. The van der Waals surface area contributed by atoms with Gasteiger partial charge in [0.05, 0.1) is 6.21 Å². The number of anilines is 1. The van der Waals surface area contributed by atoms with Gasteiger partial charge in [-0.1, -0.05) is 22.0 Å². The number of rotatable bonds is 3. The molecule has 0 unspecified atom stereocenters. The molecule has 0 amide bonds. The molecule has 0 aliphatic heterocycles. The van der Waals surface area contributed by atoms with Gasteiger partial charge in [0.15, 0.2) is 5.11 Å². The molecule has 0 radical (unpaired) electrons. The van der Waals surface area contributed by atoms with Crippen molar-refractivity contribution in [3.63, 3.8) is 0 Å². The smallest absolute Gasteiger partial charge is 0.191 e. The Morgan fingerprint density at radius 1 is 1.20 bits per heavy atom. The zero-order valence-corrected chi connectivity index (χ0v) is 12.8. The Hall–Kier alpha value is -1.92. The van der Waals surface area contributed by atoms with Gasteiger partial charge in [-0.3, -0.25) is 5.43 Å². The molecule has 0 heterocycles. The molecule has 102 valence electrons. The summed E-state index contributed by atoms with van der Waals surface area (Å²) < 4.78 is 0.970. The molecule has 6 heteroatoms. The summed E-state index contributed by atoms with van der Waals surface area (Å²) in [6, 6.07) is 14.4. The average molecular weight is 350 g/mol. The van der Waals surface area contributed by atoms with E-state index in [0.29, 0.717) is 5.11 Å². The molecule has 3 N–H and O–H groups in total. The van der Waals surface area contributed by atoms with Crippen molar-refractivity contribution < 1.29 is 5.11 Å². The third-order valence-corrected chi connectivity index (χ3v) is 3.04. The molecule has 0 fully saturated rings. The lowest BCUT2D eigenvalue weighted by atomic mass is 10.2. The van der Waals surface area contributed by atoms with Crippen molar-refractivity contribution in [2.75, 3.05) is 5.32 Å². The minimum atomic E-state index is 0.224. The number of benzene rings is 2. The van der Waals surface area contributed by atoms with E-state index in [2.05, 4.69) is 31.8 Å². The summed E-state index contributed by atoms with van der Waals surface area (Å²) >= 11 is 8.51. The van der Waals surface area contributed by atoms with Gasteiger partial charge >= 0.3 is 0 Å². The molecule has 0 atom stereocenters. The molecule has 0 aliphatic rings. The van der Waals surface area contributed by atoms with E-state index in [0.717, 1.165) is 15.7 Å². The molecule has 0 aromatic heterocycles. The molecule has 2 aromatic carbocycles. The molecule has 0 bridgehead atoms. The maximum atomic E-state index is 9.16. The summed E-state index contributed by atoms with van der Waals surface area (Å²) in [5.41, 5.74) is 4.46. The van der Waals surface area contributed by atoms with Gasteiger partial charge in [0.1, 0.15) is 5.75 Å². The molecule has 2 rings (SSSR count). The predicted molar refractivity (Wildman–Crippen MR) is 89.2 cm³/mol. The minimum Gasteiger partial charge on any atom is -0.508 e. The van der Waals surface area contributed by atoms with E-state index in [1.807, 2.05) is 24.3 Å². The first-order chi connectivity index (χ1) is 9.63. The van der Waals surface area contributed by atoms with E-state index in [-0.39, 0.29) is 5.75 Å². The largest absolute Gasteiger partial charge is 0.508 e. The van der Waals surface area contributed by atoms with Crippen LogP contribution in [0.25, 0.3) is 0 Å². The normalized spacial score (nSPS) is 10.4. The first kappa shape index (κ1) is 14.5. The highest BCUT2D eigenvalue weighted by atomic mass is 79.9. The van der Waals surface area contributed by atoms with Crippen molar-refractivity contribution in [3.8, 4) is 5.75 Å². The van der Waals surface area contributed by atoms with Crippen molar-refractivity contribution in [1.29, 1.82) is 0 Å². The van der Waals surface area contributed by atoms with E-state index < -0.39 is 0 Å². The van der Waals surface area contributed by atoms with Gasteiger partial charge in [-0.2, -0.15) is 5.10 Å². The van der Waals surface area contributed by atoms with Gasteiger partial charge in [0, 0.05) is 10.2 Å². The van der Waals surface area contributed by atoms with Gasteiger partial charge in [-0.15, -0.1) is 0 Å². The van der Waals surface area contributed by atoms with Crippen LogP contribution in [0.4, 0.5) is 5.69 Å². The molecule has 2 aromatic rings. The van der Waals surface area contributed by atoms with Crippen molar-refractivity contribution >= 4 is 45.2 Å². The molecule has 0 spiro atoms. The quantitative estimate of drug-likeness (QED) is 0.451. The molecular weight excluding hydrogens is 338 g/mol. The van der Waals surface area contributed by atoms with E-state index in [1.165, 1.54) is 0 Å². The number of aromatic hydroxyl groups is 1. The highest BCUT2D eigenvalue weighted by molar-refractivity contribution is 9.10. The monoisotopic (exact) mass is 349 g/mol. The van der Waals surface area contributed by atoms with Crippen LogP contribution in [0.1, 0.15) is 5.56 Å². The van der Waals surface area contributed by atoms with Gasteiger partial charge in [-0.25, -0.2) is 0 Å². The van der Waals surface area contributed by atoms with Gasteiger partial charge < -0.3 is 10.4 Å².